The maximum absolute atomic E-state index is 12.3. The fraction of sp³-hybridized carbons (Fsp3) is 1.00. The number of rotatable bonds is 1. The number of hydrogen-bond donors (Lipinski definition) is 0. The molecule has 0 heterocycles. The second-order valence-electron chi connectivity index (χ2n) is 4.27. The van der Waals surface area contributed by atoms with Crippen LogP contribution in [0.25, 0.3) is 0 Å². The average Bonchev–Trinajstić information content (AvgIpc) is 1.64. The third-order valence-electron chi connectivity index (χ3n) is 2.36. The summed E-state index contributed by atoms with van der Waals surface area (Å²) in [5.74, 6) is 0. The van der Waals surface area contributed by atoms with E-state index in [2.05, 4.69) is 20.8 Å². The molecule has 0 aromatic rings. The topological polar surface area (TPSA) is 0 Å². The van der Waals surface area contributed by atoms with Gasteiger partial charge in [0.15, 0.2) is 0 Å². The van der Waals surface area contributed by atoms with Crippen molar-refractivity contribution in [1.82, 2.24) is 0 Å². The fourth-order valence-electron chi connectivity index (χ4n) is 0.200. The standard InChI is InChI=1S/C8H17F/c1-7(2,3)8(4,5)6-9/h6H2,1-5H3. The van der Waals surface area contributed by atoms with Gasteiger partial charge in [0.05, 0.1) is 6.67 Å². The van der Waals surface area contributed by atoms with Crippen molar-refractivity contribution in [3.8, 4) is 0 Å². The summed E-state index contributed by atoms with van der Waals surface area (Å²) in [7, 11) is 0. The molecule has 0 aliphatic heterocycles. The number of hydrogen-bond acceptors (Lipinski definition) is 0. The van der Waals surface area contributed by atoms with E-state index < -0.39 is 0 Å². The summed E-state index contributed by atoms with van der Waals surface area (Å²) in [4.78, 5) is 0. The Morgan fingerprint density at radius 2 is 1.33 bits per heavy atom. The molecule has 0 saturated heterocycles. The van der Waals surface area contributed by atoms with Gasteiger partial charge in [0.25, 0.3) is 0 Å². The summed E-state index contributed by atoms with van der Waals surface area (Å²) in [5.41, 5.74) is -0.116. The molecule has 56 valence electrons. The van der Waals surface area contributed by atoms with Crippen LogP contribution in [0.15, 0.2) is 0 Å². The molecule has 0 nitrogen and oxygen atoms in total. The van der Waals surface area contributed by atoms with E-state index in [0.29, 0.717) is 0 Å². The highest BCUT2D eigenvalue weighted by atomic mass is 19.1. The quantitative estimate of drug-likeness (QED) is 0.514. The first-order valence-electron chi connectivity index (χ1n) is 3.37. The van der Waals surface area contributed by atoms with Gasteiger partial charge in [-0.15, -0.1) is 0 Å². The Balaban J connectivity index is 4.14. The van der Waals surface area contributed by atoms with Crippen LogP contribution >= 0.6 is 0 Å². The lowest BCUT2D eigenvalue weighted by molar-refractivity contribution is 0.0943. The maximum Gasteiger partial charge on any atom is 0.0950 e. The van der Waals surface area contributed by atoms with E-state index in [4.69, 9.17) is 0 Å². The Hall–Kier alpha value is -0.0700. The lowest BCUT2D eigenvalue weighted by Gasteiger charge is -2.36. The van der Waals surface area contributed by atoms with Crippen LogP contribution in [0.2, 0.25) is 0 Å². The molecule has 0 N–H and O–H groups in total. The molecule has 0 atom stereocenters. The third kappa shape index (κ3) is 1.96. The molecular formula is C8H17F. The minimum Gasteiger partial charge on any atom is -0.250 e. The molecule has 0 spiro atoms. The minimum atomic E-state index is -0.240. The summed E-state index contributed by atoms with van der Waals surface area (Å²) in [6, 6.07) is 0. The molecule has 0 unspecified atom stereocenters. The minimum absolute atomic E-state index is 0.0712. The predicted molar refractivity (Wildman–Crippen MR) is 39.2 cm³/mol. The second-order valence-corrected chi connectivity index (χ2v) is 4.27. The van der Waals surface area contributed by atoms with Crippen LogP contribution in [0.1, 0.15) is 34.6 Å². The van der Waals surface area contributed by atoms with Crippen molar-refractivity contribution < 1.29 is 4.39 Å². The summed E-state index contributed by atoms with van der Waals surface area (Å²) in [6.07, 6.45) is 0. The van der Waals surface area contributed by atoms with Gasteiger partial charge in [-0.1, -0.05) is 34.6 Å². The molecule has 0 aliphatic carbocycles. The molecule has 0 aromatic heterocycles. The molecule has 0 saturated carbocycles. The molecule has 0 radical (unpaired) electrons. The first kappa shape index (κ1) is 8.93. The van der Waals surface area contributed by atoms with E-state index in [1.165, 1.54) is 0 Å². The number of halogens is 1. The van der Waals surface area contributed by atoms with Gasteiger partial charge in [0.2, 0.25) is 0 Å². The van der Waals surface area contributed by atoms with Crippen LogP contribution in [0, 0.1) is 10.8 Å². The molecule has 0 rings (SSSR count). The highest BCUT2D eigenvalue weighted by Crippen LogP contribution is 2.37. The maximum atomic E-state index is 12.3. The highest BCUT2D eigenvalue weighted by molar-refractivity contribution is 4.81. The zero-order valence-corrected chi connectivity index (χ0v) is 7.09. The van der Waals surface area contributed by atoms with Crippen molar-refractivity contribution in [2.75, 3.05) is 6.67 Å². The molecule has 0 bridgehead atoms. The molecule has 0 amide bonds. The van der Waals surface area contributed by atoms with Gasteiger partial charge in [-0.3, -0.25) is 4.39 Å². The van der Waals surface area contributed by atoms with Gasteiger partial charge < -0.3 is 0 Å². The molecule has 9 heavy (non-hydrogen) atoms. The van der Waals surface area contributed by atoms with E-state index in [0.717, 1.165) is 0 Å². The molecule has 0 aliphatic rings. The van der Waals surface area contributed by atoms with Crippen LogP contribution < -0.4 is 0 Å². The lowest BCUT2D eigenvalue weighted by atomic mass is 9.70. The zero-order valence-electron chi connectivity index (χ0n) is 7.09. The van der Waals surface area contributed by atoms with Crippen LogP contribution in [0.3, 0.4) is 0 Å². The first-order chi connectivity index (χ1) is 3.81. The number of alkyl halides is 1. The zero-order chi connectivity index (χ0) is 7.71. The van der Waals surface area contributed by atoms with Crippen molar-refractivity contribution in [3.63, 3.8) is 0 Å². The van der Waals surface area contributed by atoms with Crippen LogP contribution in [-0.4, -0.2) is 6.67 Å². The van der Waals surface area contributed by atoms with Gasteiger partial charge in [0.1, 0.15) is 0 Å². The summed E-state index contributed by atoms with van der Waals surface area (Å²) >= 11 is 0. The van der Waals surface area contributed by atoms with Gasteiger partial charge in [0, 0.05) is 0 Å². The fourth-order valence-corrected chi connectivity index (χ4v) is 0.200. The third-order valence-corrected chi connectivity index (χ3v) is 2.36. The second kappa shape index (κ2) is 2.28. The summed E-state index contributed by atoms with van der Waals surface area (Å²) < 4.78 is 12.3. The normalized spacial score (nSPS) is 14.0. The molecule has 0 fully saturated rings. The van der Waals surface area contributed by atoms with E-state index in [1.807, 2.05) is 13.8 Å². The predicted octanol–water partition coefficient (Wildman–Crippen LogP) is 3.03. The van der Waals surface area contributed by atoms with Crippen LogP contribution in [0.5, 0.6) is 0 Å². The Kier molecular flexibility index (Phi) is 2.26. The van der Waals surface area contributed by atoms with Gasteiger partial charge in [-0.25, -0.2) is 0 Å². The van der Waals surface area contributed by atoms with Crippen molar-refractivity contribution in [2.45, 2.75) is 34.6 Å². The SMILES string of the molecule is CC(C)(C)C(C)(C)CF. The van der Waals surface area contributed by atoms with Crippen molar-refractivity contribution >= 4 is 0 Å². The monoisotopic (exact) mass is 132 g/mol. The molecule has 1 heteroatoms. The van der Waals surface area contributed by atoms with Crippen molar-refractivity contribution in [1.29, 1.82) is 0 Å². The molecule has 0 aromatic carbocycles. The van der Waals surface area contributed by atoms with Gasteiger partial charge >= 0.3 is 0 Å². The summed E-state index contributed by atoms with van der Waals surface area (Å²) in [5, 5.41) is 0. The lowest BCUT2D eigenvalue weighted by Crippen LogP contribution is -2.31. The van der Waals surface area contributed by atoms with E-state index in [1.54, 1.807) is 0 Å². The van der Waals surface area contributed by atoms with Crippen molar-refractivity contribution in [3.05, 3.63) is 0 Å². The van der Waals surface area contributed by atoms with Gasteiger partial charge in [-0.05, 0) is 10.8 Å². The van der Waals surface area contributed by atoms with Crippen LogP contribution in [0.4, 0.5) is 4.39 Å². The Bertz CT molecular complexity index is 87.2. The Morgan fingerprint density at radius 1 is 1.00 bits per heavy atom. The summed E-state index contributed by atoms with van der Waals surface area (Å²) in [6.45, 7) is 9.85. The highest BCUT2D eigenvalue weighted by Gasteiger charge is 2.32. The van der Waals surface area contributed by atoms with Crippen molar-refractivity contribution in [2.24, 2.45) is 10.8 Å². The van der Waals surface area contributed by atoms with E-state index >= 15 is 0 Å². The Morgan fingerprint density at radius 3 is 1.33 bits per heavy atom. The average molecular weight is 132 g/mol. The first-order valence-corrected chi connectivity index (χ1v) is 3.37. The Labute approximate surface area is 57.5 Å². The van der Waals surface area contributed by atoms with E-state index in [9.17, 15) is 4.39 Å². The smallest absolute Gasteiger partial charge is 0.0950 e. The van der Waals surface area contributed by atoms with E-state index in [-0.39, 0.29) is 17.5 Å². The van der Waals surface area contributed by atoms with Gasteiger partial charge in [-0.2, -0.15) is 0 Å². The molecular weight excluding hydrogens is 115 g/mol. The van der Waals surface area contributed by atoms with Crippen LogP contribution in [-0.2, 0) is 0 Å². The largest absolute Gasteiger partial charge is 0.250 e.